The second-order valence-electron chi connectivity index (χ2n) is 6.64. The third-order valence-corrected chi connectivity index (χ3v) is 4.89. The Morgan fingerprint density at radius 3 is 2.48 bits per heavy atom. The van der Waals surface area contributed by atoms with Crippen molar-refractivity contribution in [3.8, 4) is 0 Å². The van der Waals surface area contributed by atoms with Gasteiger partial charge in [-0.3, -0.25) is 4.57 Å². The normalized spacial score (nSPS) is 20.0. The molecule has 1 aliphatic rings. The number of hydrogen-bond acceptors (Lipinski definition) is 6. The number of para-hydroxylation sites is 1. The highest BCUT2D eigenvalue weighted by atomic mass is 19.1. The first-order valence-electron chi connectivity index (χ1n) is 8.88. The molecule has 9 heteroatoms. The number of anilines is 3. The number of rotatable bonds is 4. The summed E-state index contributed by atoms with van der Waals surface area (Å²) >= 11 is 0. The number of fused-ring (bicyclic) bond motifs is 1. The molecule has 0 spiro atoms. The molecular formula is C18H20F2N6O. The van der Waals surface area contributed by atoms with Crippen LogP contribution in [0, 0.1) is 11.6 Å². The molecule has 2 heterocycles. The summed E-state index contributed by atoms with van der Waals surface area (Å²) in [6, 6.07) is 3.70. The van der Waals surface area contributed by atoms with E-state index in [0.717, 1.165) is 12.8 Å². The van der Waals surface area contributed by atoms with E-state index < -0.39 is 11.6 Å². The number of aromatic nitrogens is 4. The van der Waals surface area contributed by atoms with Crippen LogP contribution in [0.25, 0.3) is 11.2 Å². The van der Waals surface area contributed by atoms with Crippen LogP contribution < -0.4 is 10.6 Å². The van der Waals surface area contributed by atoms with Crippen LogP contribution in [0.15, 0.2) is 24.4 Å². The lowest BCUT2D eigenvalue weighted by atomic mass is 9.93. The fourth-order valence-electron chi connectivity index (χ4n) is 3.49. The molecule has 0 bridgehead atoms. The van der Waals surface area contributed by atoms with Gasteiger partial charge < -0.3 is 15.7 Å². The van der Waals surface area contributed by atoms with Gasteiger partial charge in [0.1, 0.15) is 22.8 Å². The van der Waals surface area contributed by atoms with Crippen molar-refractivity contribution in [2.24, 2.45) is 0 Å². The molecule has 4 rings (SSSR count). The van der Waals surface area contributed by atoms with Crippen molar-refractivity contribution in [1.29, 1.82) is 0 Å². The van der Waals surface area contributed by atoms with Crippen molar-refractivity contribution in [2.45, 2.75) is 37.8 Å². The number of nitrogens with one attached hydrogen (secondary N) is 2. The van der Waals surface area contributed by atoms with Gasteiger partial charge in [0, 0.05) is 13.1 Å². The van der Waals surface area contributed by atoms with Crippen molar-refractivity contribution >= 4 is 28.7 Å². The molecule has 0 unspecified atom stereocenters. The maximum atomic E-state index is 14.1. The smallest absolute Gasteiger partial charge is 0.224 e. The van der Waals surface area contributed by atoms with Gasteiger partial charge in [0.25, 0.3) is 0 Å². The number of imidazole rings is 1. The van der Waals surface area contributed by atoms with Crippen LogP contribution in [-0.2, 0) is 0 Å². The van der Waals surface area contributed by atoms with Crippen molar-refractivity contribution in [3.63, 3.8) is 0 Å². The maximum Gasteiger partial charge on any atom is 0.224 e. The summed E-state index contributed by atoms with van der Waals surface area (Å²) in [7, 11) is 1.72. The van der Waals surface area contributed by atoms with Gasteiger partial charge in [0.2, 0.25) is 11.9 Å². The Bertz CT molecular complexity index is 948. The quantitative estimate of drug-likeness (QED) is 0.649. The maximum absolute atomic E-state index is 14.1. The topological polar surface area (TPSA) is 87.9 Å². The third-order valence-electron chi connectivity index (χ3n) is 4.89. The van der Waals surface area contributed by atoms with Crippen LogP contribution in [-0.4, -0.2) is 37.8 Å². The molecule has 3 aromatic rings. The van der Waals surface area contributed by atoms with Crippen molar-refractivity contribution in [2.75, 3.05) is 17.7 Å². The SMILES string of the molecule is CNc1ncc2nc(Nc3c(F)cccc3F)n([C@H]3CC[C@@H](O)CC3)c2n1. The zero-order valence-corrected chi connectivity index (χ0v) is 14.8. The number of halogens is 2. The lowest BCUT2D eigenvalue weighted by molar-refractivity contribution is 0.112. The summed E-state index contributed by atoms with van der Waals surface area (Å²) in [5, 5.41) is 15.5. The average molecular weight is 374 g/mol. The number of aliphatic hydroxyl groups excluding tert-OH is 1. The highest BCUT2D eigenvalue weighted by Gasteiger charge is 2.26. The van der Waals surface area contributed by atoms with Gasteiger partial charge >= 0.3 is 0 Å². The fraction of sp³-hybridized carbons (Fsp3) is 0.389. The summed E-state index contributed by atoms with van der Waals surface area (Å²) in [6.07, 6.45) is 4.01. The Morgan fingerprint density at radius 2 is 1.81 bits per heavy atom. The van der Waals surface area contributed by atoms with E-state index in [1.165, 1.54) is 18.2 Å². The molecule has 0 atom stereocenters. The van der Waals surface area contributed by atoms with Gasteiger partial charge in [-0.2, -0.15) is 4.98 Å². The van der Waals surface area contributed by atoms with Gasteiger partial charge in [0.05, 0.1) is 12.3 Å². The molecule has 1 aromatic carbocycles. The van der Waals surface area contributed by atoms with Crippen molar-refractivity contribution in [3.05, 3.63) is 36.0 Å². The average Bonchev–Trinajstić information content (AvgIpc) is 3.02. The van der Waals surface area contributed by atoms with Gasteiger partial charge in [-0.25, -0.2) is 18.7 Å². The zero-order valence-electron chi connectivity index (χ0n) is 14.8. The van der Waals surface area contributed by atoms with Crippen LogP contribution in [0.1, 0.15) is 31.7 Å². The summed E-state index contributed by atoms with van der Waals surface area (Å²) in [5.41, 5.74) is 0.848. The highest BCUT2D eigenvalue weighted by Crippen LogP contribution is 2.35. The molecule has 0 saturated heterocycles. The Hall–Kier alpha value is -2.81. The molecule has 3 N–H and O–H groups in total. The summed E-state index contributed by atoms with van der Waals surface area (Å²) in [4.78, 5) is 13.1. The molecule has 1 aliphatic carbocycles. The molecular weight excluding hydrogens is 354 g/mol. The van der Waals surface area contributed by atoms with E-state index in [9.17, 15) is 13.9 Å². The van der Waals surface area contributed by atoms with Crippen LogP contribution in [0.5, 0.6) is 0 Å². The Morgan fingerprint density at radius 1 is 1.11 bits per heavy atom. The number of aliphatic hydroxyl groups is 1. The molecule has 0 aliphatic heterocycles. The van der Waals surface area contributed by atoms with Crippen LogP contribution in [0.2, 0.25) is 0 Å². The second-order valence-corrected chi connectivity index (χ2v) is 6.64. The summed E-state index contributed by atoms with van der Waals surface area (Å²) in [5.74, 6) is -0.662. The minimum atomic E-state index is -0.699. The Balaban J connectivity index is 1.82. The predicted molar refractivity (Wildman–Crippen MR) is 98.0 cm³/mol. The molecule has 0 amide bonds. The van der Waals surface area contributed by atoms with Gasteiger partial charge in [-0.05, 0) is 37.8 Å². The minimum Gasteiger partial charge on any atom is -0.393 e. The van der Waals surface area contributed by atoms with E-state index in [4.69, 9.17) is 0 Å². The number of nitrogens with zero attached hydrogens (tertiary/aromatic N) is 4. The molecule has 7 nitrogen and oxygen atoms in total. The van der Waals surface area contributed by atoms with E-state index in [0.29, 0.717) is 35.9 Å². The molecule has 27 heavy (non-hydrogen) atoms. The highest BCUT2D eigenvalue weighted by molar-refractivity contribution is 5.76. The van der Waals surface area contributed by atoms with E-state index in [1.54, 1.807) is 13.2 Å². The number of hydrogen-bond donors (Lipinski definition) is 3. The van der Waals surface area contributed by atoms with Gasteiger partial charge in [0.15, 0.2) is 5.65 Å². The standard InChI is InChI=1S/C18H20F2N6O/c1-21-17-22-9-14-16(25-17)26(10-5-7-11(27)8-6-10)18(23-14)24-15-12(19)3-2-4-13(15)20/h2-4,9-11,27H,5-8H2,1H3,(H,23,24)(H,21,22,25)/t10-,11+. The molecule has 0 radical (unpaired) electrons. The predicted octanol–water partition coefficient (Wildman–Crippen LogP) is 3.37. The van der Waals surface area contributed by atoms with E-state index >= 15 is 0 Å². The van der Waals surface area contributed by atoms with Crippen LogP contribution >= 0.6 is 0 Å². The van der Waals surface area contributed by atoms with Crippen molar-refractivity contribution in [1.82, 2.24) is 19.5 Å². The summed E-state index contributed by atoms with van der Waals surface area (Å²) in [6.45, 7) is 0. The van der Waals surface area contributed by atoms with Crippen LogP contribution in [0.3, 0.4) is 0 Å². The Kier molecular flexibility index (Phi) is 4.61. The van der Waals surface area contributed by atoms with Gasteiger partial charge in [-0.1, -0.05) is 6.07 Å². The molecule has 1 fully saturated rings. The lowest BCUT2D eigenvalue weighted by Gasteiger charge is -2.28. The first-order valence-corrected chi connectivity index (χ1v) is 8.88. The van der Waals surface area contributed by atoms with Gasteiger partial charge in [-0.15, -0.1) is 0 Å². The minimum absolute atomic E-state index is 0.00957. The largest absolute Gasteiger partial charge is 0.393 e. The number of benzene rings is 1. The van der Waals surface area contributed by atoms with E-state index in [2.05, 4.69) is 25.6 Å². The lowest BCUT2D eigenvalue weighted by Crippen LogP contribution is -2.22. The zero-order chi connectivity index (χ0) is 19.0. The van der Waals surface area contributed by atoms with E-state index in [-0.39, 0.29) is 17.8 Å². The second kappa shape index (κ2) is 7.07. The Labute approximate surface area is 154 Å². The molecule has 1 saturated carbocycles. The third kappa shape index (κ3) is 3.30. The monoisotopic (exact) mass is 374 g/mol. The van der Waals surface area contributed by atoms with Crippen molar-refractivity contribution < 1.29 is 13.9 Å². The molecule has 142 valence electrons. The summed E-state index contributed by atoms with van der Waals surface area (Å²) < 4.78 is 30.1. The fourth-order valence-corrected chi connectivity index (χ4v) is 3.49. The first kappa shape index (κ1) is 17.6. The van der Waals surface area contributed by atoms with Crippen LogP contribution in [0.4, 0.5) is 26.4 Å². The molecule has 2 aromatic heterocycles. The first-order chi connectivity index (χ1) is 13.1. The van der Waals surface area contributed by atoms with E-state index in [1.807, 2.05) is 4.57 Å².